The number of hydrogen-bond donors (Lipinski definition) is 1. The highest BCUT2D eigenvalue weighted by Crippen LogP contribution is 2.40. The van der Waals surface area contributed by atoms with Gasteiger partial charge in [0.05, 0.1) is 18.1 Å². The van der Waals surface area contributed by atoms with Crippen LogP contribution in [0.15, 0.2) is 44.7 Å². The lowest BCUT2D eigenvalue weighted by atomic mass is 10.2. The van der Waals surface area contributed by atoms with Gasteiger partial charge in [0.1, 0.15) is 11.5 Å². The highest BCUT2D eigenvalue weighted by atomic mass is 32.2. The zero-order valence-corrected chi connectivity index (χ0v) is 10.8. The maximum atomic E-state index is 5.41. The predicted molar refractivity (Wildman–Crippen MR) is 69.1 cm³/mol. The van der Waals surface area contributed by atoms with Gasteiger partial charge in [0.15, 0.2) is 11.2 Å². The molecule has 1 aliphatic rings. The fraction of sp³-hybridized carbons (Fsp3) is 0.167. The van der Waals surface area contributed by atoms with Gasteiger partial charge in [0, 0.05) is 0 Å². The highest BCUT2D eigenvalue weighted by molar-refractivity contribution is 7.99. The van der Waals surface area contributed by atoms with Gasteiger partial charge in [-0.1, -0.05) is 0 Å². The summed E-state index contributed by atoms with van der Waals surface area (Å²) in [5.41, 5.74) is 4.26. The molecule has 1 unspecified atom stereocenters. The van der Waals surface area contributed by atoms with E-state index in [1.54, 1.807) is 24.3 Å². The lowest BCUT2D eigenvalue weighted by molar-refractivity contribution is 0.509. The van der Waals surface area contributed by atoms with Gasteiger partial charge in [0.25, 0.3) is 0 Å². The van der Waals surface area contributed by atoms with E-state index in [0.29, 0.717) is 0 Å². The smallest absolute Gasteiger partial charge is 0.212 e. The first-order chi connectivity index (χ1) is 9.33. The molecule has 3 aromatic rings. The molecule has 19 heavy (non-hydrogen) atoms. The van der Waals surface area contributed by atoms with Crippen molar-refractivity contribution < 1.29 is 8.83 Å². The first kappa shape index (κ1) is 10.7. The Bertz CT molecular complexity index is 716. The molecule has 0 aromatic carbocycles. The van der Waals surface area contributed by atoms with Gasteiger partial charge in [0.2, 0.25) is 5.16 Å². The van der Waals surface area contributed by atoms with Crippen molar-refractivity contribution in [2.75, 3.05) is 5.43 Å². The number of nitrogens with one attached hydrogen (secondary N) is 1. The topological polar surface area (TPSA) is 69.0 Å². The molecule has 1 atom stereocenters. The highest BCUT2D eigenvalue weighted by Gasteiger charge is 2.30. The van der Waals surface area contributed by atoms with Crippen LogP contribution in [0.25, 0.3) is 11.4 Å². The van der Waals surface area contributed by atoms with Crippen LogP contribution in [0, 0.1) is 6.92 Å². The van der Waals surface area contributed by atoms with E-state index in [1.165, 1.54) is 0 Å². The number of aryl methyl sites for hydroxylation is 1. The van der Waals surface area contributed by atoms with Crippen molar-refractivity contribution in [3.8, 4) is 11.4 Å². The number of thioether (sulfide) groups is 1. The Morgan fingerprint density at radius 2 is 2.21 bits per heavy atom. The van der Waals surface area contributed by atoms with Crippen LogP contribution in [-0.4, -0.2) is 14.9 Å². The van der Waals surface area contributed by atoms with E-state index in [9.17, 15) is 0 Å². The Morgan fingerprint density at radius 1 is 1.26 bits per heavy atom. The Morgan fingerprint density at radius 3 is 2.95 bits per heavy atom. The zero-order valence-electron chi connectivity index (χ0n) is 10.0. The predicted octanol–water partition coefficient (Wildman–Crippen LogP) is 2.79. The minimum atomic E-state index is 0.0199. The van der Waals surface area contributed by atoms with Gasteiger partial charge in [-0.05, 0) is 36.9 Å². The summed E-state index contributed by atoms with van der Waals surface area (Å²) in [7, 11) is 0. The van der Waals surface area contributed by atoms with Crippen LogP contribution in [0.2, 0.25) is 0 Å². The number of rotatable bonds is 2. The first-order valence-corrected chi connectivity index (χ1v) is 6.67. The van der Waals surface area contributed by atoms with Gasteiger partial charge in [-0.25, -0.2) is 4.68 Å². The van der Waals surface area contributed by atoms with Gasteiger partial charge in [-0.3, -0.25) is 0 Å². The third kappa shape index (κ3) is 1.58. The molecule has 0 saturated carbocycles. The van der Waals surface area contributed by atoms with Crippen molar-refractivity contribution in [1.29, 1.82) is 0 Å². The molecule has 4 rings (SSSR count). The third-order valence-electron chi connectivity index (χ3n) is 3.00. The van der Waals surface area contributed by atoms with Gasteiger partial charge in [-0.2, -0.15) is 0 Å². The van der Waals surface area contributed by atoms with E-state index in [1.807, 2.05) is 29.8 Å². The summed E-state index contributed by atoms with van der Waals surface area (Å²) in [4.78, 5) is 0. The SMILES string of the molecule is Cc1occc1-c1nnc2n1NC(c1ccco1)S2. The van der Waals surface area contributed by atoms with Gasteiger partial charge < -0.3 is 14.3 Å². The van der Waals surface area contributed by atoms with Crippen LogP contribution in [0.5, 0.6) is 0 Å². The monoisotopic (exact) mass is 274 g/mol. The average Bonchev–Trinajstić information content (AvgIpc) is 3.11. The molecule has 3 aromatic heterocycles. The summed E-state index contributed by atoms with van der Waals surface area (Å²) in [5.74, 6) is 2.44. The Hall–Kier alpha value is -2.15. The zero-order chi connectivity index (χ0) is 12.8. The second kappa shape index (κ2) is 3.92. The van der Waals surface area contributed by atoms with E-state index in [4.69, 9.17) is 8.83 Å². The van der Waals surface area contributed by atoms with Crippen molar-refractivity contribution in [3.05, 3.63) is 42.2 Å². The van der Waals surface area contributed by atoms with Crippen LogP contribution in [0.1, 0.15) is 16.9 Å². The van der Waals surface area contributed by atoms with Crippen molar-refractivity contribution in [2.45, 2.75) is 17.5 Å². The molecule has 0 radical (unpaired) electrons. The lowest BCUT2D eigenvalue weighted by Gasteiger charge is -2.08. The average molecular weight is 274 g/mol. The van der Waals surface area contributed by atoms with Crippen LogP contribution in [0.4, 0.5) is 0 Å². The molecule has 4 heterocycles. The summed E-state index contributed by atoms with van der Waals surface area (Å²) >= 11 is 1.57. The molecule has 6 nitrogen and oxygen atoms in total. The van der Waals surface area contributed by atoms with Crippen LogP contribution < -0.4 is 5.43 Å². The Labute approximate surface area is 112 Å². The van der Waals surface area contributed by atoms with Crippen LogP contribution in [0.3, 0.4) is 0 Å². The molecule has 1 N–H and O–H groups in total. The van der Waals surface area contributed by atoms with Crippen LogP contribution >= 0.6 is 11.8 Å². The minimum Gasteiger partial charge on any atom is -0.469 e. The third-order valence-corrected chi connectivity index (χ3v) is 4.05. The van der Waals surface area contributed by atoms with Gasteiger partial charge in [-0.15, -0.1) is 10.2 Å². The second-order valence-electron chi connectivity index (χ2n) is 4.17. The Kier molecular flexibility index (Phi) is 2.22. The first-order valence-electron chi connectivity index (χ1n) is 5.79. The maximum absolute atomic E-state index is 5.41. The molecule has 0 aliphatic carbocycles. The molecular weight excluding hydrogens is 264 g/mol. The summed E-state index contributed by atoms with van der Waals surface area (Å²) in [6.07, 6.45) is 3.32. The van der Waals surface area contributed by atoms with E-state index < -0.39 is 0 Å². The summed E-state index contributed by atoms with van der Waals surface area (Å²) in [6, 6.07) is 5.70. The van der Waals surface area contributed by atoms with E-state index in [-0.39, 0.29) is 5.37 Å². The molecule has 0 bridgehead atoms. The van der Waals surface area contributed by atoms with E-state index >= 15 is 0 Å². The molecule has 0 amide bonds. The molecule has 96 valence electrons. The second-order valence-corrected chi connectivity index (χ2v) is 5.25. The van der Waals surface area contributed by atoms with Crippen molar-refractivity contribution in [3.63, 3.8) is 0 Å². The number of furan rings is 2. The summed E-state index contributed by atoms with van der Waals surface area (Å²) in [5, 5.41) is 9.22. The number of hydrogen-bond acceptors (Lipinski definition) is 6. The minimum absolute atomic E-state index is 0.0199. The van der Waals surface area contributed by atoms with E-state index in [2.05, 4.69) is 15.6 Å². The van der Waals surface area contributed by atoms with Crippen LogP contribution in [-0.2, 0) is 0 Å². The van der Waals surface area contributed by atoms with Crippen molar-refractivity contribution in [1.82, 2.24) is 14.9 Å². The van der Waals surface area contributed by atoms with E-state index in [0.717, 1.165) is 28.1 Å². The molecule has 0 spiro atoms. The fourth-order valence-electron chi connectivity index (χ4n) is 2.07. The normalized spacial score (nSPS) is 17.4. The van der Waals surface area contributed by atoms with Crippen molar-refractivity contribution in [2.24, 2.45) is 0 Å². The molecule has 0 saturated heterocycles. The Balaban J connectivity index is 1.72. The number of fused-ring (bicyclic) bond motifs is 1. The lowest BCUT2D eigenvalue weighted by Crippen LogP contribution is -2.13. The molecule has 0 fully saturated rings. The number of nitrogens with zero attached hydrogens (tertiary/aromatic N) is 3. The maximum Gasteiger partial charge on any atom is 0.212 e. The fourth-order valence-corrected chi connectivity index (χ4v) is 3.02. The largest absolute Gasteiger partial charge is 0.469 e. The number of aromatic nitrogens is 3. The molecular formula is C12H10N4O2S. The summed E-state index contributed by atoms with van der Waals surface area (Å²) < 4.78 is 12.6. The standard InChI is InChI=1S/C12H10N4O2S/c1-7-8(4-6-17-7)10-13-14-12-16(10)15-11(19-12)9-3-2-5-18-9/h2-6,11,15H,1H3. The van der Waals surface area contributed by atoms with Gasteiger partial charge >= 0.3 is 0 Å². The summed E-state index contributed by atoms with van der Waals surface area (Å²) in [6.45, 7) is 1.91. The quantitative estimate of drug-likeness (QED) is 0.775. The molecule has 7 heteroatoms. The van der Waals surface area contributed by atoms with Crippen molar-refractivity contribution >= 4 is 11.8 Å². The molecule has 1 aliphatic heterocycles.